The van der Waals surface area contributed by atoms with Crippen LogP contribution in [0.25, 0.3) is 0 Å². The van der Waals surface area contributed by atoms with Crippen molar-refractivity contribution in [2.45, 2.75) is 37.5 Å². The van der Waals surface area contributed by atoms with E-state index in [4.69, 9.17) is 0 Å². The highest BCUT2D eigenvalue weighted by molar-refractivity contribution is 7.89. The van der Waals surface area contributed by atoms with E-state index in [9.17, 15) is 26.4 Å². The lowest BCUT2D eigenvalue weighted by Gasteiger charge is -2.30. The number of hydrogen-bond donors (Lipinski definition) is 1. The van der Waals surface area contributed by atoms with Gasteiger partial charge in [0.05, 0.1) is 17.8 Å². The lowest BCUT2D eigenvalue weighted by molar-refractivity contribution is -0.137. The molecule has 0 radical (unpaired) electrons. The van der Waals surface area contributed by atoms with Crippen molar-refractivity contribution >= 4 is 21.7 Å². The Morgan fingerprint density at radius 2 is 2.07 bits per heavy atom. The maximum atomic E-state index is 12.8. The number of nitrogens with zero attached hydrogens (tertiary/aromatic N) is 4. The van der Waals surface area contributed by atoms with Gasteiger partial charge in [-0.15, -0.1) is 0 Å². The number of imidazole rings is 1. The SMILES string of the molecule is CCn1cnc(S(=O)(=O)N2CCC[C@@H](C(=O)Nc3ccc(C(F)(F)F)cn3)C2)c1. The van der Waals surface area contributed by atoms with Crippen molar-refractivity contribution in [1.82, 2.24) is 18.8 Å². The zero-order valence-corrected chi connectivity index (χ0v) is 16.4. The molecule has 3 rings (SSSR count). The van der Waals surface area contributed by atoms with Gasteiger partial charge < -0.3 is 9.88 Å². The number of piperidine rings is 1. The fraction of sp³-hybridized carbons (Fsp3) is 0.471. The van der Waals surface area contributed by atoms with E-state index >= 15 is 0 Å². The molecule has 2 aromatic rings. The average Bonchev–Trinajstić information content (AvgIpc) is 3.18. The van der Waals surface area contributed by atoms with Crippen LogP contribution in [0, 0.1) is 5.92 Å². The highest BCUT2D eigenvalue weighted by Crippen LogP contribution is 2.29. The van der Waals surface area contributed by atoms with Crippen molar-refractivity contribution in [1.29, 1.82) is 0 Å². The Balaban J connectivity index is 1.67. The molecule has 8 nitrogen and oxygen atoms in total. The van der Waals surface area contributed by atoms with Crippen LogP contribution in [0.5, 0.6) is 0 Å². The molecular weight excluding hydrogens is 411 g/mol. The van der Waals surface area contributed by atoms with E-state index in [1.807, 2.05) is 6.92 Å². The van der Waals surface area contributed by atoms with Gasteiger partial charge in [-0.05, 0) is 31.9 Å². The summed E-state index contributed by atoms with van der Waals surface area (Å²) in [6.45, 7) is 2.67. The van der Waals surface area contributed by atoms with Crippen LogP contribution < -0.4 is 5.32 Å². The maximum absolute atomic E-state index is 12.8. The number of halogens is 3. The smallest absolute Gasteiger partial charge is 0.336 e. The van der Waals surface area contributed by atoms with Gasteiger partial charge >= 0.3 is 6.18 Å². The molecule has 0 aliphatic carbocycles. The molecule has 3 heterocycles. The first kappa shape index (κ1) is 21.2. The number of carbonyl (C=O) groups excluding carboxylic acids is 1. The highest BCUT2D eigenvalue weighted by Gasteiger charge is 2.35. The molecule has 0 unspecified atom stereocenters. The molecule has 29 heavy (non-hydrogen) atoms. The Hall–Kier alpha value is -2.47. The summed E-state index contributed by atoms with van der Waals surface area (Å²) in [6.07, 6.45) is -0.0770. The summed E-state index contributed by atoms with van der Waals surface area (Å²) < 4.78 is 66.2. The largest absolute Gasteiger partial charge is 0.417 e. The van der Waals surface area contributed by atoms with Crippen molar-refractivity contribution in [2.24, 2.45) is 5.92 Å². The first-order valence-corrected chi connectivity index (χ1v) is 10.4. The first-order chi connectivity index (χ1) is 13.6. The van der Waals surface area contributed by atoms with Gasteiger partial charge in [-0.25, -0.2) is 18.4 Å². The molecule has 0 spiro atoms. The van der Waals surface area contributed by atoms with Gasteiger partial charge in [-0.3, -0.25) is 4.79 Å². The molecule has 1 atom stereocenters. The Labute approximate surface area is 165 Å². The van der Waals surface area contributed by atoms with Gasteiger partial charge in [0, 0.05) is 32.0 Å². The van der Waals surface area contributed by atoms with Crippen LogP contribution in [-0.4, -0.2) is 46.3 Å². The Morgan fingerprint density at radius 3 is 2.66 bits per heavy atom. The minimum Gasteiger partial charge on any atom is -0.336 e. The molecule has 12 heteroatoms. The van der Waals surface area contributed by atoms with Gasteiger partial charge in [0.25, 0.3) is 10.0 Å². The van der Waals surface area contributed by atoms with Crippen LogP contribution in [0.1, 0.15) is 25.3 Å². The minimum atomic E-state index is -4.52. The summed E-state index contributed by atoms with van der Waals surface area (Å²) in [5, 5.41) is 2.38. The van der Waals surface area contributed by atoms with Crippen molar-refractivity contribution in [3.8, 4) is 0 Å². The highest BCUT2D eigenvalue weighted by atomic mass is 32.2. The normalized spacial score (nSPS) is 18.6. The monoisotopic (exact) mass is 431 g/mol. The quantitative estimate of drug-likeness (QED) is 0.784. The zero-order chi connectivity index (χ0) is 21.2. The zero-order valence-electron chi connectivity index (χ0n) is 15.6. The van der Waals surface area contributed by atoms with Crippen LogP contribution in [0.15, 0.2) is 35.9 Å². The summed E-state index contributed by atoms with van der Waals surface area (Å²) >= 11 is 0. The van der Waals surface area contributed by atoms with Crippen molar-refractivity contribution in [3.05, 3.63) is 36.4 Å². The number of sulfonamides is 1. The van der Waals surface area contributed by atoms with Gasteiger partial charge in [0.15, 0.2) is 5.03 Å². The summed E-state index contributed by atoms with van der Waals surface area (Å²) in [4.78, 5) is 20.0. The Morgan fingerprint density at radius 1 is 1.31 bits per heavy atom. The minimum absolute atomic E-state index is 0.0235. The third-order valence-corrected chi connectivity index (χ3v) is 6.43. The maximum Gasteiger partial charge on any atom is 0.417 e. The summed E-state index contributed by atoms with van der Waals surface area (Å²) in [5.41, 5.74) is -0.919. The van der Waals surface area contributed by atoms with Crippen molar-refractivity contribution in [3.63, 3.8) is 0 Å². The third-order valence-electron chi connectivity index (χ3n) is 4.68. The van der Waals surface area contributed by atoms with E-state index in [2.05, 4.69) is 15.3 Å². The number of pyridine rings is 1. The Kier molecular flexibility index (Phi) is 5.94. The summed E-state index contributed by atoms with van der Waals surface area (Å²) in [7, 11) is -3.83. The van der Waals surface area contributed by atoms with Crippen LogP contribution in [0.4, 0.5) is 19.0 Å². The fourth-order valence-electron chi connectivity index (χ4n) is 3.02. The lowest BCUT2D eigenvalue weighted by Crippen LogP contribution is -2.43. The molecule has 0 aromatic carbocycles. The molecular formula is C17H20F3N5O3S. The van der Waals surface area contributed by atoms with E-state index in [0.29, 0.717) is 25.6 Å². The van der Waals surface area contributed by atoms with Crippen LogP contribution in [-0.2, 0) is 27.5 Å². The van der Waals surface area contributed by atoms with E-state index in [1.54, 1.807) is 4.57 Å². The van der Waals surface area contributed by atoms with Gasteiger partial charge in [-0.1, -0.05) is 0 Å². The second-order valence-corrected chi connectivity index (χ2v) is 8.55. The number of alkyl halides is 3. The average molecular weight is 431 g/mol. The van der Waals surface area contributed by atoms with Crippen LogP contribution in [0.2, 0.25) is 0 Å². The van der Waals surface area contributed by atoms with Crippen molar-refractivity contribution < 1.29 is 26.4 Å². The molecule has 1 N–H and O–H groups in total. The number of hydrogen-bond acceptors (Lipinski definition) is 5. The summed E-state index contributed by atoms with van der Waals surface area (Å²) in [5.74, 6) is -1.16. The molecule has 1 fully saturated rings. The van der Waals surface area contributed by atoms with Crippen LogP contribution >= 0.6 is 0 Å². The van der Waals surface area contributed by atoms with E-state index < -0.39 is 33.6 Å². The molecule has 1 aliphatic heterocycles. The summed E-state index contributed by atoms with van der Waals surface area (Å²) in [6, 6.07) is 1.89. The molecule has 1 amide bonds. The molecule has 1 aliphatic rings. The number of amides is 1. The number of rotatable bonds is 5. The lowest BCUT2D eigenvalue weighted by atomic mass is 9.99. The number of nitrogens with one attached hydrogen (secondary N) is 1. The third kappa shape index (κ3) is 4.75. The van der Waals surface area contributed by atoms with E-state index in [1.165, 1.54) is 16.8 Å². The first-order valence-electron chi connectivity index (χ1n) is 8.97. The van der Waals surface area contributed by atoms with E-state index in [-0.39, 0.29) is 23.9 Å². The Bertz CT molecular complexity index is 973. The number of carbonyl (C=O) groups is 1. The standard InChI is InChI=1S/C17H20F3N5O3S/c1-2-24-10-15(22-11-24)29(27,28)25-7-3-4-12(9-25)16(26)23-14-6-5-13(8-21-14)17(18,19)20/h5-6,8,10-12H,2-4,7,9H2,1H3,(H,21,23,26)/t12-/m1/s1. The molecule has 0 saturated carbocycles. The molecule has 0 bridgehead atoms. The topological polar surface area (TPSA) is 97.2 Å². The second kappa shape index (κ2) is 8.11. The fourth-order valence-corrected chi connectivity index (χ4v) is 4.48. The van der Waals surface area contributed by atoms with Crippen molar-refractivity contribution in [2.75, 3.05) is 18.4 Å². The molecule has 158 valence electrons. The number of anilines is 1. The predicted octanol–water partition coefficient (Wildman–Crippen LogP) is 2.36. The molecule has 1 saturated heterocycles. The number of aryl methyl sites for hydroxylation is 1. The van der Waals surface area contributed by atoms with Gasteiger partial charge in [0.2, 0.25) is 5.91 Å². The van der Waals surface area contributed by atoms with Gasteiger partial charge in [0.1, 0.15) is 5.82 Å². The predicted molar refractivity (Wildman–Crippen MR) is 97.3 cm³/mol. The number of aromatic nitrogens is 3. The van der Waals surface area contributed by atoms with E-state index in [0.717, 1.165) is 12.1 Å². The second-order valence-electron chi connectivity index (χ2n) is 6.66. The molecule has 2 aromatic heterocycles. The van der Waals surface area contributed by atoms with Crippen LogP contribution in [0.3, 0.4) is 0 Å². The van der Waals surface area contributed by atoms with Gasteiger partial charge in [-0.2, -0.15) is 17.5 Å².